The Hall–Kier alpha value is -0.750. The summed E-state index contributed by atoms with van der Waals surface area (Å²) in [6.07, 6.45) is 1.29. The fourth-order valence-electron chi connectivity index (χ4n) is 0.569. The molecule has 1 aliphatic heterocycles. The van der Waals surface area contributed by atoms with Gasteiger partial charge in [-0.05, 0) is 15.9 Å². The summed E-state index contributed by atoms with van der Waals surface area (Å²) in [5.74, 6) is -1.17. The van der Waals surface area contributed by atoms with Crippen molar-refractivity contribution in [2.45, 2.75) is 5.66 Å². The monoisotopic (exact) mass is 219 g/mol. The summed E-state index contributed by atoms with van der Waals surface area (Å²) in [6, 6.07) is 0. The zero-order valence-electron chi connectivity index (χ0n) is 5.49. The highest BCUT2D eigenvalue weighted by Gasteiger charge is 2.34. The van der Waals surface area contributed by atoms with Crippen molar-refractivity contribution >= 4 is 32.7 Å². The van der Waals surface area contributed by atoms with Crippen molar-refractivity contribution in [2.75, 3.05) is 6.54 Å². The van der Waals surface area contributed by atoms with Gasteiger partial charge in [0.25, 0.3) is 0 Å². The van der Waals surface area contributed by atoms with Crippen LogP contribution in [0.15, 0.2) is 9.98 Å². The maximum absolute atomic E-state index is 10.5. The molecule has 1 atom stereocenters. The molecule has 0 spiro atoms. The van der Waals surface area contributed by atoms with E-state index in [4.69, 9.17) is 10.8 Å². The number of aliphatic carboxylic acids is 1. The number of nitrogens with zero attached hydrogens (tertiary/aromatic N) is 2. The van der Waals surface area contributed by atoms with Gasteiger partial charge in [-0.3, -0.25) is 15.7 Å². The van der Waals surface area contributed by atoms with Crippen LogP contribution in [0.3, 0.4) is 0 Å². The Morgan fingerprint density at radius 3 is 2.91 bits per heavy atom. The number of halogens is 1. The van der Waals surface area contributed by atoms with Gasteiger partial charge in [-0.25, -0.2) is 4.79 Å². The predicted octanol–water partition coefficient (Wildman–Crippen LogP) is -0.396. The summed E-state index contributed by atoms with van der Waals surface area (Å²) in [7, 11) is 0. The van der Waals surface area contributed by atoms with E-state index in [1.165, 1.54) is 6.21 Å². The molecule has 0 radical (unpaired) electrons. The molecular weight excluding hydrogens is 214 g/mol. The lowest BCUT2D eigenvalue weighted by atomic mass is 10.2. The van der Waals surface area contributed by atoms with Crippen LogP contribution in [-0.2, 0) is 4.79 Å². The molecule has 0 aromatic heterocycles. The lowest BCUT2D eigenvalue weighted by Gasteiger charge is -2.19. The molecule has 6 heteroatoms. The van der Waals surface area contributed by atoms with Crippen LogP contribution in [0.25, 0.3) is 0 Å². The first-order chi connectivity index (χ1) is 5.04. The lowest BCUT2D eigenvalue weighted by molar-refractivity contribution is -0.142. The fraction of sp³-hybridized carbons (Fsp3) is 0.400. The van der Waals surface area contributed by atoms with Gasteiger partial charge in [0.1, 0.15) is 4.62 Å². The summed E-state index contributed by atoms with van der Waals surface area (Å²) >= 11 is 3.04. The molecule has 0 fully saturated rings. The van der Waals surface area contributed by atoms with E-state index in [1.807, 2.05) is 0 Å². The number of aliphatic imine (C=N–C) groups is 2. The van der Waals surface area contributed by atoms with E-state index in [2.05, 4.69) is 25.9 Å². The first kappa shape index (κ1) is 8.35. The number of carboxylic acids is 1. The quantitative estimate of drug-likeness (QED) is 0.630. The maximum atomic E-state index is 10.5. The van der Waals surface area contributed by atoms with Crippen LogP contribution >= 0.6 is 15.9 Å². The van der Waals surface area contributed by atoms with Gasteiger partial charge in [0.2, 0.25) is 5.66 Å². The van der Waals surface area contributed by atoms with Gasteiger partial charge in [-0.15, -0.1) is 0 Å². The Balaban J connectivity index is 2.82. The number of nitrogens with two attached hydrogens (primary N) is 1. The summed E-state index contributed by atoms with van der Waals surface area (Å²) < 4.78 is 0.514. The third kappa shape index (κ3) is 1.63. The Morgan fingerprint density at radius 2 is 2.55 bits per heavy atom. The standard InChI is InChI=1S/C5H6BrN3O2/c6-3-1-9-5(7,2-8-3)4(10)11/h1H,2,7H2,(H,10,11). The molecule has 11 heavy (non-hydrogen) atoms. The second kappa shape index (κ2) is 2.71. The number of carboxylic acid groups (broad SMARTS) is 1. The SMILES string of the molecule is NC1(C(=O)O)CN=C(Br)C=N1. The molecule has 0 aromatic rings. The summed E-state index contributed by atoms with van der Waals surface area (Å²) in [6.45, 7) is -0.0284. The summed E-state index contributed by atoms with van der Waals surface area (Å²) in [5.41, 5.74) is 3.77. The smallest absolute Gasteiger partial charge is 0.348 e. The highest BCUT2D eigenvalue weighted by atomic mass is 79.9. The van der Waals surface area contributed by atoms with Crippen LogP contribution in [0.1, 0.15) is 0 Å². The van der Waals surface area contributed by atoms with Gasteiger partial charge in [-0.2, -0.15) is 0 Å². The number of carbonyl (C=O) groups is 1. The zero-order valence-corrected chi connectivity index (χ0v) is 7.08. The Morgan fingerprint density at radius 1 is 1.91 bits per heavy atom. The van der Waals surface area contributed by atoms with Gasteiger partial charge in [-0.1, -0.05) is 0 Å². The summed E-state index contributed by atoms with van der Waals surface area (Å²) in [5, 5.41) is 8.56. The molecule has 60 valence electrons. The van der Waals surface area contributed by atoms with E-state index in [0.717, 1.165) is 0 Å². The van der Waals surface area contributed by atoms with Crippen molar-refractivity contribution in [3.05, 3.63) is 0 Å². The zero-order chi connectivity index (χ0) is 8.48. The second-order valence-electron chi connectivity index (χ2n) is 2.13. The fourth-order valence-corrected chi connectivity index (χ4v) is 0.797. The average molecular weight is 220 g/mol. The lowest BCUT2D eigenvalue weighted by Crippen LogP contribution is -2.50. The largest absolute Gasteiger partial charge is 0.478 e. The van der Waals surface area contributed by atoms with E-state index >= 15 is 0 Å². The van der Waals surface area contributed by atoms with Crippen LogP contribution in [0.4, 0.5) is 0 Å². The molecule has 1 rings (SSSR count). The minimum atomic E-state index is -1.57. The highest BCUT2D eigenvalue weighted by Crippen LogP contribution is 2.08. The van der Waals surface area contributed by atoms with E-state index in [0.29, 0.717) is 4.62 Å². The Labute approximate surface area is 71.1 Å². The van der Waals surface area contributed by atoms with E-state index in [1.54, 1.807) is 0 Å². The number of hydrogen-bond acceptors (Lipinski definition) is 4. The number of hydrogen-bond donors (Lipinski definition) is 2. The molecule has 0 saturated heterocycles. The molecule has 5 nitrogen and oxygen atoms in total. The van der Waals surface area contributed by atoms with Gasteiger partial charge < -0.3 is 5.11 Å². The first-order valence-corrected chi connectivity index (χ1v) is 3.61. The Kier molecular flexibility index (Phi) is 2.05. The van der Waals surface area contributed by atoms with E-state index in [9.17, 15) is 4.79 Å². The number of rotatable bonds is 1. The highest BCUT2D eigenvalue weighted by molar-refractivity contribution is 9.19. The first-order valence-electron chi connectivity index (χ1n) is 2.82. The van der Waals surface area contributed by atoms with Crippen molar-refractivity contribution in [3.8, 4) is 0 Å². The van der Waals surface area contributed by atoms with Crippen molar-refractivity contribution in [1.29, 1.82) is 0 Å². The molecule has 0 amide bonds. The van der Waals surface area contributed by atoms with Crippen LogP contribution < -0.4 is 5.73 Å². The molecule has 0 saturated carbocycles. The topological polar surface area (TPSA) is 88.0 Å². The van der Waals surface area contributed by atoms with Gasteiger partial charge in [0, 0.05) is 0 Å². The molecular formula is C5H6BrN3O2. The van der Waals surface area contributed by atoms with E-state index in [-0.39, 0.29) is 6.54 Å². The van der Waals surface area contributed by atoms with E-state index < -0.39 is 11.6 Å². The van der Waals surface area contributed by atoms with Crippen LogP contribution in [0, 0.1) is 0 Å². The Bertz CT molecular complexity index is 250. The molecule has 1 unspecified atom stereocenters. The normalized spacial score (nSPS) is 29.8. The molecule has 3 N–H and O–H groups in total. The van der Waals surface area contributed by atoms with Crippen LogP contribution in [0.5, 0.6) is 0 Å². The third-order valence-electron chi connectivity index (χ3n) is 1.24. The molecule has 1 aliphatic rings. The minimum Gasteiger partial charge on any atom is -0.478 e. The van der Waals surface area contributed by atoms with Crippen LogP contribution in [0.2, 0.25) is 0 Å². The van der Waals surface area contributed by atoms with Gasteiger partial charge in [0.15, 0.2) is 0 Å². The van der Waals surface area contributed by atoms with Gasteiger partial charge >= 0.3 is 5.97 Å². The molecule has 1 heterocycles. The summed E-state index contributed by atoms with van der Waals surface area (Å²) in [4.78, 5) is 17.9. The average Bonchev–Trinajstić information content (AvgIpc) is 1.95. The van der Waals surface area contributed by atoms with Crippen molar-refractivity contribution in [2.24, 2.45) is 15.7 Å². The predicted molar refractivity (Wildman–Crippen MR) is 44.3 cm³/mol. The van der Waals surface area contributed by atoms with Crippen molar-refractivity contribution in [1.82, 2.24) is 0 Å². The minimum absolute atomic E-state index is 0.0284. The van der Waals surface area contributed by atoms with Crippen molar-refractivity contribution < 1.29 is 9.90 Å². The second-order valence-corrected chi connectivity index (χ2v) is 2.94. The molecule has 0 aliphatic carbocycles. The maximum Gasteiger partial charge on any atom is 0.348 e. The molecule has 0 bridgehead atoms. The van der Waals surface area contributed by atoms with Crippen molar-refractivity contribution in [3.63, 3.8) is 0 Å². The van der Waals surface area contributed by atoms with Gasteiger partial charge in [0.05, 0.1) is 12.8 Å². The van der Waals surface area contributed by atoms with Crippen LogP contribution in [-0.4, -0.2) is 34.1 Å². The third-order valence-corrected chi connectivity index (χ3v) is 1.70. The molecule has 0 aromatic carbocycles.